The van der Waals surface area contributed by atoms with E-state index in [0.717, 1.165) is 6.42 Å². The van der Waals surface area contributed by atoms with Gasteiger partial charge in [-0.2, -0.15) is 0 Å². The molecule has 0 bridgehead atoms. The molecule has 2 aliphatic rings. The lowest BCUT2D eigenvalue weighted by molar-refractivity contribution is -0.138. The number of hydrogen-bond acceptors (Lipinski definition) is 3. The summed E-state index contributed by atoms with van der Waals surface area (Å²) in [4.78, 5) is 37.4. The Bertz CT molecular complexity index is 384. The molecule has 0 radical (unpaired) electrons. The first-order valence-corrected chi connectivity index (χ1v) is 6.06. The Morgan fingerprint density at radius 3 is 2.83 bits per heavy atom. The van der Waals surface area contributed by atoms with Crippen molar-refractivity contribution in [1.82, 2.24) is 15.1 Å². The van der Waals surface area contributed by atoms with Gasteiger partial charge in [0.05, 0.1) is 0 Å². The molecule has 3 amide bonds. The Morgan fingerprint density at radius 2 is 2.17 bits per heavy atom. The molecular formula is C11H17N3O4. The highest BCUT2D eigenvalue weighted by molar-refractivity contribution is 5.83. The predicted octanol–water partition coefficient (Wildman–Crippen LogP) is -0.524. The summed E-state index contributed by atoms with van der Waals surface area (Å²) in [5, 5.41) is 11.2. The van der Waals surface area contributed by atoms with E-state index in [-0.39, 0.29) is 18.0 Å². The maximum absolute atomic E-state index is 11.8. The molecule has 100 valence electrons. The van der Waals surface area contributed by atoms with Gasteiger partial charge in [0.2, 0.25) is 5.91 Å². The van der Waals surface area contributed by atoms with Gasteiger partial charge >= 0.3 is 12.0 Å². The highest BCUT2D eigenvalue weighted by Gasteiger charge is 2.37. The number of urea groups is 1. The summed E-state index contributed by atoms with van der Waals surface area (Å²) in [6.07, 6.45) is 1.32. The van der Waals surface area contributed by atoms with E-state index in [9.17, 15) is 14.4 Å². The van der Waals surface area contributed by atoms with Crippen molar-refractivity contribution in [2.75, 3.05) is 19.6 Å². The average Bonchev–Trinajstić information content (AvgIpc) is 2.70. The zero-order valence-corrected chi connectivity index (χ0v) is 10.3. The van der Waals surface area contributed by atoms with Crippen molar-refractivity contribution >= 4 is 17.9 Å². The van der Waals surface area contributed by atoms with Crippen molar-refractivity contribution < 1.29 is 19.5 Å². The van der Waals surface area contributed by atoms with Gasteiger partial charge in [-0.05, 0) is 13.3 Å². The van der Waals surface area contributed by atoms with Crippen LogP contribution in [0.15, 0.2) is 0 Å². The number of carbonyl (C=O) groups is 3. The van der Waals surface area contributed by atoms with E-state index >= 15 is 0 Å². The van der Waals surface area contributed by atoms with E-state index in [1.165, 1.54) is 6.92 Å². The molecule has 2 heterocycles. The molecular weight excluding hydrogens is 238 g/mol. The lowest BCUT2D eigenvalue weighted by Gasteiger charge is -2.37. The third-order valence-electron chi connectivity index (χ3n) is 3.49. The Balaban J connectivity index is 1.90. The van der Waals surface area contributed by atoms with Crippen LogP contribution in [0.1, 0.15) is 19.8 Å². The third-order valence-corrected chi connectivity index (χ3v) is 3.49. The summed E-state index contributed by atoms with van der Waals surface area (Å²) in [6.45, 7) is 2.91. The Kier molecular flexibility index (Phi) is 3.40. The molecule has 2 fully saturated rings. The molecule has 2 atom stereocenters. The molecule has 18 heavy (non-hydrogen) atoms. The molecule has 2 saturated heterocycles. The minimum Gasteiger partial charge on any atom is -0.480 e. The standard InChI is InChI=1S/C11H17N3O4/c1-7(10(16)17)12-11(18)13-4-5-14-8(6-13)2-3-9(14)15/h7-8H,2-6H2,1H3,(H,12,18)(H,16,17)/t7-,8?/m0/s1. The summed E-state index contributed by atoms with van der Waals surface area (Å²) < 4.78 is 0. The van der Waals surface area contributed by atoms with Gasteiger partial charge in [-0.1, -0.05) is 0 Å². The van der Waals surface area contributed by atoms with Crippen molar-refractivity contribution in [3.63, 3.8) is 0 Å². The van der Waals surface area contributed by atoms with E-state index < -0.39 is 12.0 Å². The normalized spacial score (nSPS) is 24.7. The number of hydrogen-bond donors (Lipinski definition) is 2. The predicted molar refractivity (Wildman–Crippen MR) is 61.9 cm³/mol. The molecule has 2 aliphatic heterocycles. The second-order valence-electron chi connectivity index (χ2n) is 4.74. The zero-order valence-electron chi connectivity index (χ0n) is 10.3. The summed E-state index contributed by atoms with van der Waals surface area (Å²) in [7, 11) is 0. The summed E-state index contributed by atoms with van der Waals surface area (Å²) in [5.74, 6) is -0.906. The van der Waals surface area contributed by atoms with Crippen molar-refractivity contribution in [2.45, 2.75) is 31.8 Å². The van der Waals surface area contributed by atoms with Gasteiger partial charge in [-0.15, -0.1) is 0 Å². The third kappa shape index (κ3) is 2.39. The van der Waals surface area contributed by atoms with Crippen LogP contribution >= 0.6 is 0 Å². The molecule has 0 aromatic rings. The van der Waals surface area contributed by atoms with Gasteiger partial charge in [-0.3, -0.25) is 9.59 Å². The number of amides is 3. The van der Waals surface area contributed by atoms with Crippen molar-refractivity contribution in [1.29, 1.82) is 0 Å². The molecule has 1 unspecified atom stereocenters. The number of carboxylic acid groups (broad SMARTS) is 1. The van der Waals surface area contributed by atoms with Crippen LogP contribution in [0, 0.1) is 0 Å². The van der Waals surface area contributed by atoms with E-state index in [1.54, 1.807) is 4.90 Å². The van der Waals surface area contributed by atoms with Gasteiger partial charge < -0.3 is 20.2 Å². The SMILES string of the molecule is C[C@H](NC(=O)N1CCN2C(=O)CCC2C1)C(=O)O. The second kappa shape index (κ2) is 4.83. The molecule has 7 nitrogen and oxygen atoms in total. The second-order valence-corrected chi connectivity index (χ2v) is 4.74. The molecule has 2 rings (SSSR count). The molecule has 7 heteroatoms. The molecule has 0 aromatic carbocycles. The van der Waals surface area contributed by atoms with E-state index in [1.807, 2.05) is 4.90 Å². The van der Waals surface area contributed by atoms with Crippen LogP contribution in [0.5, 0.6) is 0 Å². The van der Waals surface area contributed by atoms with Gasteiger partial charge in [0.25, 0.3) is 0 Å². The average molecular weight is 255 g/mol. The largest absolute Gasteiger partial charge is 0.480 e. The lowest BCUT2D eigenvalue weighted by Crippen LogP contribution is -2.57. The maximum atomic E-state index is 11.8. The highest BCUT2D eigenvalue weighted by Crippen LogP contribution is 2.22. The molecule has 0 aliphatic carbocycles. The number of nitrogens with zero attached hydrogens (tertiary/aromatic N) is 2. The highest BCUT2D eigenvalue weighted by atomic mass is 16.4. The molecule has 0 spiro atoms. The van der Waals surface area contributed by atoms with Crippen LogP contribution in [0.2, 0.25) is 0 Å². The fourth-order valence-electron chi connectivity index (χ4n) is 2.39. The number of rotatable bonds is 2. The van der Waals surface area contributed by atoms with Crippen LogP contribution in [0.4, 0.5) is 4.79 Å². The van der Waals surface area contributed by atoms with Gasteiger partial charge in [-0.25, -0.2) is 4.79 Å². The Labute approximate surface area is 105 Å². The van der Waals surface area contributed by atoms with Crippen LogP contribution in [-0.2, 0) is 9.59 Å². The first-order valence-electron chi connectivity index (χ1n) is 6.06. The zero-order chi connectivity index (χ0) is 13.3. The monoisotopic (exact) mass is 255 g/mol. The molecule has 2 N–H and O–H groups in total. The van der Waals surface area contributed by atoms with Crippen LogP contribution < -0.4 is 5.32 Å². The summed E-state index contributed by atoms with van der Waals surface area (Å²) in [5.41, 5.74) is 0. The molecule has 0 saturated carbocycles. The Morgan fingerprint density at radius 1 is 1.44 bits per heavy atom. The number of fused-ring (bicyclic) bond motifs is 1. The van der Waals surface area contributed by atoms with Crippen LogP contribution in [0.3, 0.4) is 0 Å². The summed E-state index contributed by atoms with van der Waals surface area (Å²) >= 11 is 0. The quantitative estimate of drug-likeness (QED) is 0.694. The van der Waals surface area contributed by atoms with E-state index in [4.69, 9.17) is 5.11 Å². The number of aliphatic carboxylic acids is 1. The van der Waals surface area contributed by atoms with Gasteiger partial charge in [0.1, 0.15) is 6.04 Å². The van der Waals surface area contributed by atoms with Crippen molar-refractivity contribution in [2.24, 2.45) is 0 Å². The van der Waals surface area contributed by atoms with Crippen LogP contribution in [-0.4, -0.2) is 64.5 Å². The number of nitrogens with one attached hydrogen (secondary N) is 1. The lowest BCUT2D eigenvalue weighted by atomic mass is 10.1. The number of carboxylic acids is 1. The molecule has 0 aromatic heterocycles. The Hall–Kier alpha value is -1.79. The fourth-order valence-corrected chi connectivity index (χ4v) is 2.39. The van der Waals surface area contributed by atoms with Gasteiger partial charge in [0.15, 0.2) is 0 Å². The van der Waals surface area contributed by atoms with E-state index in [2.05, 4.69) is 5.32 Å². The minimum absolute atomic E-state index is 0.0946. The minimum atomic E-state index is -1.06. The fraction of sp³-hybridized carbons (Fsp3) is 0.727. The first kappa shape index (κ1) is 12.7. The number of carbonyl (C=O) groups excluding carboxylic acids is 2. The maximum Gasteiger partial charge on any atom is 0.325 e. The topological polar surface area (TPSA) is 90.0 Å². The van der Waals surface area contributed by atoms with Crippen molar-refractivity contribution in [3.05, 3.63) is 0 Å². The summed E-state index contributed by atoms with van der Waals surface area (Å²) in [6, 6.07) is -1.18. The first-order chi connectivity index (χ1) is 8.49. The smallest absolute Gasteiger partial charge is 0.325 e. The van der Waals surface area contributed by atoms with Crippen LogP contribution in [0.25, 0.3) is 0 Å². The van der Waals surface area contributed by atoms with Crippen molar-refractivity contribution in [3.8, 4) is 0 Å². The van der Waals surface area contributed by atoms with E-state index in [0.29, 0.717) is 26.1 Å². The van der Waals surface area contributed by atoms with Gasteiger partial charge in [0, 0.05) is 32.1 Å². The number of piperazine rings is 1.